The van der Waals surface area contributed by atoms with E-state index >= 15 is 0 Å². The third-order valence-electron chi connectivity index (χ3n) is 3.53. The molecule has 1 amide bonds. The van der Waals surface area contributed by atoms with E-state index in [1.54, 1.807) is 12.3 Å². The Hall–Kier alpha value is -2.90. The Morgan fingerprint density at radius 1 is 1.35 bits per heavy atom. The van der Waals surface area contributed by atoms with Crippen LogP contribution in [0.3, 0.4) is 0 Å². The van der Waals surface area contributed by atoms with Gasteiger partial charge >= 0.3 is 0 Å². The maximum Gasteiger partial charge on any atom is 0.259 e. The van der Waals surface area contributed by atoms with Crippen LogP contribution in [0.15, 0.2) is 18.6 Å². The monoisotopic (exact) mass is 313 g/mol. The van der Waals surface area contributed by atoms with Crippen molar-refractivity contribution in [1.82, 2.24) is 24.7 Å². The number of hydrogen-bond acceptors (Lipinski definition) is 5. The summed E-state index contributed by atoms with van der Waals surface area (Å²) >= 11 is 0. The first-order valence-electron chi connectivity index (χ1n) is 7.23. The number of carbonyl (C=O) groups is 1. The van der Waals surface area contributed by atoms with Gasteiger partial charge in [0, 0.05) is 23.5 Å². The van der Waals surface area contributed by atoms with E-state index in [0.717, 1.165) is 5.69 Å². The number of aryl methyl sites for hydroxylation is 1. The van der Waals surface area contributed by atoms with E-state index in [1.165, 1.54) is 6.33 Å². The van der Waals surface area contributed by atoms with Gasteiger partial charge in [0.25, 0.3) is 5.91 Å². The van der Waals surface area contributed by atoms with Crippen LogP contribution in [0.1, 0.15) is 36.8 Å². The lowest BCUT2D eigenvalue weighted by Crippen LogP contribution is -2.21. The van der Waals surface area contributed by atoms with Crippen LogP contribution in [0.2, 0.25) is 0 Å². The number of amides is 1. The number of nitrogens with zero attached hydrogens (tertiary/aromatic N) is 4. The summed E-state index contributed by atoms with van der Waals surface area (Å²) in [6.07, 6.45) is 3.16. The molecule has 0 aromatic carbocycles. The second-order valence-electron chi connectivity index (χ2n) is 6.43. The number of fused-ring (bicyclic) bond motifs is 1. The molecular formula is C15H19N7O. The molecule has 0 fully saturated rings. The third kappa shape index (κ3) is 2.63. The first kappa shape index (κ1) is 15.0. The Labute approximate surface area is 133 Å². The number of anilines is 2. The number of hydrogen-bond donors (Lipinski definition) is 3. The van der Waals surface area contributed by atoms with Crippen LogP contribution in [0.4, 0.5) is 11.6 Å². The number of nitrogen functional groups attached to an aromatic ring is 1. The Balaban J connectivity index is 2.11. The first-order valence-corrected chi connectivity index (χ1v) is 7.23. The van der Waals surface area contributed by atoms with Gasteiger partial charge < -0.3 is 15.6 Å². The summed E-state index contributed by atoms with van der Waals surface area (Å²) in [5.74, 6) is 0.437. The molecular weight excluding hydrogens is 294 g/mol. The van der Waals surface area contributed by atoms with Gasteiger partial charge in [0.05, 0.1) is 10.9 Å². The van der Waals surface area contributed by atoms with Gasteiger partial charge in [-0.2, -0.15) is 5.10 Å². The highest BCUT2D eigenvalue weighted by Crippen LogP contribution is 2.29. The zero-order valence-electron chi connectivity index (χ0n) is 13.5. The average Bonchev–Trinajstić information content (AvgIpc) is 3.03. The molecule has 3 heterocycles. The fraction of sp³-hybridized carbons (Fsp3) is 0.333. The summed E-state index contributed by atoms with van der Waals surface area (Å²) in [7, 11) is 0. The van der Waals surface area contributed by atoms with Gasteiger partial charge in [-0.25, -0.2) is 9.97 Å². The number of aromatic nitrogens is 5. The minimum absolute atomic E-state index is 0.250. The SMILES string of the molecule is Cc1cc(NC(=O)c2cn(C(C)(C)C)c3ncnc(N)c23)n[nH]1. The molecule has 0 aliphatic carbocycles. The summed E-state index contributed by atoms with van der Waals surface area (Å²) in [6.45, 7) is 7.95. The largest absolute Gasteiger partial charge is 0.383 e. The molecule has 3 aromatic rings. The Bertz CT molecular complexity index is 885. The molecule has 3 rings (SSSR count). The number of nitrogens with two attached hydrogens (primary N) is 1. The second-order valence-corrected chi connectivity index (χ2v) is 6.43. The molecule has 0 bridgehead atoms. The van der Waals surface area contributed by atoms with Gasteiger partial charge in [0.15, 0.2) is 5.82 Å². The van der Waals surface area contributed by atoms with E-state index in [1.807, 2.05) is 32.3 Å². The molecule has 0 aliphatic heterocycles. The number of rotatable bonds is 2. The maximum atomic E-state index is 12.6. The quantitative estimate of drug-likeness (QED) is 0.670. The summed E-state index contributed by atoms with van der Waals surface area (Å²) in [6, 6.07) is 1.75. The summed E-state index contributed by atoms with van der Waals surface area (Å²) in [5, 5.41) is 10.1. The third-order valence-corrected chi connectivity index (χ3v) is 3.53. The summed E-state index contributed by atoms with van der Waals surface area (Å²) in [4.78, 5) is 20.9. The van der Waals surface area contributed by atoms with Crippen molar-refractivity contribution in [2.75, 3.05) is 11.1 Å². The minimum Gasteiger partial charge on any atom is -0.383 e. The van der Waals surface area contributed by atoms with E-state index in [2.05, 4.69) is 25.5 Å². The van der Waals surface area contributed by atoms with Gasteiger partial charge in [-0.15, -0.1) is 0 Å². The molecule has 0 atom stereocenters. The molecule has 8 heteroatoms. The van der Waals surface area contributed by atoms with Gasteiger partial charge in [-0.1, -0.05) is 0 Å². The fourth-order valence-electron chi connectivity index (χ4n) is 2.43. The van der Waals surface area contributed by atoms with Crippen molar-refractivity contribution in [3.8, 4) is 0 Å². The van der Waals surface area contributed by atoms with E-state index in [4.69, 9.17) is 5.73 Å². The number of nitrogens with one attached hydrogen (secondary N) is 2. The van der Waals surface area contributed by atoms with Crippen molar-refractivity contribution in [1.29, 1.82) is 0 Å². The number of carbonyl (C=O) groups excluding carboxylic acids is 1. The molecule has 8 nitrogen and oxygen atoms in total. The lowest BCUT2D eigenvalue weighted by molar-refractivity contribution is 0.102. The van der Waals surface area contributed by atoms with Crippen LogP contribution in [0, 0.1) is 6.92 Å². The molecule has 3 aromatic heterocycles. The highest BCUT2D eigenvalue weighted by atomic mass is 16.1. The van der Waals surface area contributed by atoms with Crippen molar-refractivity contribution in [3.05, 3.63) is 29.8 Å². The highest BCUT2D eigenvalue weighted by molar-refractivity contribution is 6.14. The van der Waals surface area contributed by atoms with Crippen LogP contribution < -0.4 is 11.1 Å². The van der Waals surface area contributed by atoms with Crippen LogP contribution >= 0.6 is 0 Å². The summed E-state index contributed by atoms with van der Waals surface area (Å²) < 4.78 is 1.92. The number of aromatic amines is 1. The molecule has 4 N–H and O–H groups in total. The molecule has 0 saturated carbocycles. The zero-order chi connectivity index (χ0) is 16.8. The molecule has 0 saturated heterocycles. The zero-order valence-corrected chi connectivity index (χ0v) is 13.5. The summed E-state index contributed by atoms with van der Waals surface area (Å²) in [5.41, 5.74) is 7.65. The van der Waals surface area contributed by atoms with E-state index in [0.29, 0.717) is 22.4 Å². The van der Waals surface area contributed by atoms with Crippen LogP contribution in [-0.4, -0.2) is 30.6 Å². The Morgan fingerprint density at radius 2 is 2.09 bits per heavy atom. The lowest BCUT2D eigenvalue weighted by Gasteiger charge is -2.21. The van der Waals surface area contributed by atoms with Gasteiger partial charge in [0.2, 0.25) is 0 Å². The smallest absolute Gasteiger partial charge is 0.259 e. The van der Waals surface area contributed by atoms with Crippen molar-refractivity contribution in [3.63, 3.8) is 0 Å². The van der Waals surface area contributed by atoms with Crippen LogP contribution in [0.5, 0.6) is 0 Å². The van der Waals surface area contributed by atoms with Crippen molar-refractivity contribution < 1.29 is 4.79 Å². The fourth-order valence-corrected chi connectivity index (χ4v) is 2.43. The molecule has 120 valence electrons. The lowest BCUT2D eigenvalue weighted by atomic mass is 10.1. The van der Waals surface area contributed by atoms with Crippen LogP contribution in [0.25, 0.3) is 11.0 Å². The van der Waals surface area contributed by atoms with Crippen molar-refractivity contribution >= 4 is 28.6 Å². The van der Waals surface area contributed by atoms with E-state index < -0.39 is 0 Å². The average molecular weight is 313 g/mol. The first-order chi connectivity index (χ1) is 10.8. The second kappa shape index (κ2) is 5.08. The van der Waals surface area contributed by atoms with Crippen molar-refractivity contribution in [2.45, 2.75) is 33.2 Å². The Morgan fingerprint density at radius 3 is 2.70 bits per heavy atom. The van der Waals surface area contributed by atoms with Gasteiger partial charge in [-0.05, 0) is 27.7 Å². The van der Waals surface area contributed by atoms with Crippen molar-refractivity contribution in [2.24, 2.45) is 0 Å². The maximum absolute atomic E-state index is 12.6. The predicted octanol–water partition coefficient (Wildman–Crippen LogP) is 2.05. The Kier molecular flexibility index (Phi) is 3.32. The van der Waals surface area contributed by atoms with Crippen LogP contribution in [-0.2, 0) is 5.54 Å². The van der Waals surface area contributed by atoms with E-state index in [-0.39, 0.29) is 17.3 Å². The standard InChI is InChI=1S/C15H19N7O/c1-8-5-10(21-20-8)19-14(23)9-6-22(15(2,3)4)13-11(9)12(16)17-7-18-13/h5-7H,1-4H3,(H2,16,17,18)(H2,19,20,21,23). The highest BCUT2D eigenvalue weighted by Gasteiger charge is 2.24. The van der Waals surface area contributed by atoms with E-state index in [9.17, 15) is 4.79 Å². The van der Waals surface area contributed by atoms with Gasteiger partial charge in [-0.3, -0.25) is 9.89 Å². The van der Waals surface area contributed by atoms with Gasteiger partial charge in [0.1, 0.15) is 17.8 Å². The normalized spacial score (nSPS) is 11.8. The molecule has 0 radical (unpaired) electrons. The molecule has 0 unspecified atom stereocenters. The molecule has 0 aliphatic rings. The minimum atomic E-state index is -0.300. The predicted molar refractivity (Wildman–Crippen MR) is 88.2 cm³/mol. The molecule has 0 spiro atoms. The number of H-pyrrole nitrogens is 1. The molecule has 23 heavy (non-hydrogen) atoms. The topological polar surface area (TPSA) is 115 Å².